The number of hydrogen-bond acceptors (Lipinski definition) is 4. The van der Waals surface area contributed by atoms with E-state index in [-0.39, 0.29) is 40.7 Å². The van der Waals surface area contributed by atoms with Gasteiger partial charge in [-0.1, -0.05) is 114 Å². The fourth-order valence-corrected chi connectivity index (χ4v) is 9.08. The SMILES string of the molecule is [2H]c1c([2H])c([2H])c(-n2c3ccccc3c3cccc(N4CN(c5cccc(Oc6ccc7c8cc(C(C)(C)C)ccc8n(-c8cc(C(C)(C)C)ccn8)c7c6)c5)c5ccccc54)c32)c([2H])c1[2H]. The van der Waals surface area contributed by atoms with Gasteiger partial charge in [0.2, 0.25) is 0 Å². The molecule has 0 N–H and O–H groups in total. The van der Waals surface area contributed by atoms with Crippen LogP contribution in [-0.4, -0.2) is 20.8 Å². The van der Waals surface area contributed by atoms with Crippen molar-refractivity contribution in [2.75, 3.05) is 16.5 Å². The maximum absolute atomic E-state index is 9.04. The zero-order chi connectivity index (χ0) is 46.7. The zero-order valence-corrected chi connectivity index (χ0v) is 35.7. The predicted molar refractivity (Wildman–Crippen MR) is 259 cm³/mol. The zero-order valence-electron chi connectivity index (χ0n) is 40.7. The largest absolute Gasteiger partial charge is 0.457 e. The third kappa shape index (κ3) is 6.20. The van der Waals surface area contributed by atoms with Crippen LogP contribution in [0.25, 0.3) is 55.1 Å². The first-order chi connectivity index (χ1) is 32.1. The Balaban J connectivity index is 1.00. The summed E-state index contributed by atoms with van der Waals surface area (Å²) >= 11 is 0. The minimum atomic E-state index is -0.423. The molecule has 304 valence electrons. The Hall–Kier alpha value is -7.31. The van der Waals surface area contributed by atoms with Gasteiger partial charge in [0.1, 0.15) is 24.0 Å². The van der Waals surface area contributed by atoms with E-state index in [0.29, 0.717) is 18.2 Å². The molecule has 6 nitrogen and oxygen atoms in total. The van der Waals surface area contributed by atoms with E-state index in [9.17, 15) is 0 Å². The molecule has 3 aromatic heterocycles. The van der Waals surface area contributed by atoms with Crippen molar-refractivity contribution in [3.63, 3.8) is 0 Å². The maximum atomic E-state index is 9.04. The second-order valence-corrected chi connectivity index (χ2v) is 18.2. The number of para-hydroxylation sites is 5. The summed E-state index contributed by atoms with van der Waals surface area (Å²) in [5.41, 5.74) is 9.84. The Morgan fingerprint density at radius 2 is 1.16 bits per heavy atom. The lowest BCUT2D eigenvalue weighted by Gasteiger charge is -2.24. The van der Waals surface area contributed by atoms with Gasteiger partial charge in [-0.2, -0.15) is 0 Å². The van der Waals surface area contributed by atoms with Gasteiger partial charge >= 0.3 is 0 Å². The van der Waals surface area contributed by atoms with Gasteiger partial charge < -0.3 is 19.1 Å². The summed E-state index contributed by atoms with van der Waals surface area (Å²) in [6.45, 7) is 13.8. The number of fused-ring (bicyclic) bond motifs is 7. The summed E-state index contributed by atoms with van der Waals surface area (Å²) in [5, 5.41) is 4.12. The van der Waals surface area contributed by atoms with Crippen LogP contribution in [-0.2, 0) is 10.8 Å². The molecule has 0 spiro atoms. The molecule has 0 bridgehead atoms. The number of pyridine rings is 1. The van der Waals surface area contributed by atoms with Gasteiger partial charge in [0.15, 0.2) is 0 Å². The van der Waals surface area contributed by atoms with Crippen LogP contribution >= 0.6 is 0 Å². The first kappa shape index (κ1) is 32.5. The van der Waals surface area contributed by atoms with Crippen LogP contribution in [0.15, 0.2) is 176 Å². The van der Waals surface area contributed by atoms with E-state index in [0.717, 1.165) is 66.8 Å². The highest BCUT2D eigenvalue weighted by atomic mass is 16.5. The molecule has 7 aromatic carbocycles. The summed E-state index contributed by atoms with van der Waals surface area (Å²) in [6.07, 6.45) is 1.90. The van der Waals surface area contributed by atoms with Crippen molar-refractivity contribution in [1.29, 1.82) is 0 Å². The number of anilines is 4. The van der Waals surface area contributed by atoms with E-state index >= 15 is 0 Å². The topological polar surface area (TPSA) is 38.5 Å². The molecular formula is C56H49N5O. The predicted octanol–water partition coefficient (Wildman–Crippen LogP) is 14.9. The van der Waals surface area contributed by atoms with Gasteiger partial charge in [-0.25, -0.2) is 4.98 Å². The molecule has 11 rings (SSSR count). The molecule has 0 saturated carbocycles. The Bertz CT molecular complexity index is 3630. The molecule has 0 atom stereocenters. The maximum Gasteiger partial charge on any atom is 0.137 e. The molecule has 6 heteroatoms. The third-order valence-corrected chi connectivity index (χ3v) is 12.2. The fourth-order valence-electron chi connectivity index (χ4n) is 9.08. The van der Waals surface area contributed by atoms with E-state index in [1.807, 2.05) is 83.6 Å². The molecule has 1 aliphatic heterocycles. The number of benzene rings is 7. The average Bonchev–Trinajstić information content (AvgIpc) is 3.98. The van der Waals surface area contributed by atoms with E-state index in [1.54, 1.807) is 0 Å². The number of ether oxygens (including phenoxy) is 1. The Labute approximate surface area is 369 Å². The van der Waals surface area contributed by atoms with Crippen molar-refractivity contribution in [3.8, 4) is 23.0 Å². The quantitative estimate of drug-likeness (QED) is 0.168. The van der Waals surface area contributed by atoms with Gasteiger partial charge in [0.25, 0.3) is 0 Å². The van der Waals surface area contributed by atoms with Crippen LogP contribution in [0.5, 0.6) is 11.5 Å². The standard InChI is InChI=1S/C56H49N5O/c1-55(2,3)37-26-29-48-46(32-37)44-28-27-42(35-52(44)61(48)53-33-38(30-31-57-53)56(4,5)6)62-41-19-14-18-40(34-41)58-36-59(50-24-13-12-23-49(50)58)51-25-15-21-45-43-20-10-11-22-47(43)60(54(45)51)39-16-8-7-9-17-39/h7-35H,36H2,1-6H3/i7D,8D,9D,16D,17D. The Morgan fingerprint density at radius 3 is 1.97 bits per heavy atom. The second kappa shape index (κ2) is 14.1. The Kier molecular flexibility index (Phi) is 7.40. The van der Waals surface area contributed by atoms with Gasteiger partial charge in [-0.3, -0.25) is 4.57 Å². The minimum Gasteiger partial charge on any atom is -0.457 e. The molecule has 0 aliphatic carbocycles. The van der Waals surface area contributed by atoms with E-state index in [4.69, 9.17) is 16.6 Å². The number of hydrogen-bond donors (Lipinski definition) is 0. The fraction of sp³-hybridized carbons (Fsp3) is 0.161. The number of aromatic nitrogens is 3. The molecule has 10 aromatic rings. The summed E-state index contributed by atoms with van der Waals surface area (Å²) < 4.78 is 54.5. The molecule has 0 radical (unpaired) electrons. The lowest BCUT2D eigenvalue weighted by Crippen LogP contribution is -2.24. The van der Waals surface area contributed by atoms with Gasteiger partial charge in [-0.05, 0) is 107 Å². The monoisotopic (exact) mass is 812 g/mol. The Morgan fingerprint density at radius 1 is 0.500 bits per heavy atom. The summed E-state index contributed by atoms with van der Waals surface area (Å²) in [5.74, 6) is 2.24. The summed E-state index contributed by atoms with van der Waals surface area (Å²) in [6, 6.07) is 46.0. The molecule has 0 fully saturated rings. The van der Waals surface area contributed by atoms with Crippen molar-refractivity contribution < 1.29 is 11.6 Å². The first-order valence-electron chi connectivity index (χ1n) is 23.7. The van der Waals surface area contributed by atoms with Crippen LogP contribution in [0.2, 0.25) is 0 Å². The average molecular weight is 813 g/mol. The smallest absolute Gasteiger partial charge is 0.137 e. The molecular weight excluding hydrogens is 759 g/mol. The number of nitrogens with zero attached hydrogens (tertiary/aromatic N) is 5. The van der Waals surface area contributed by atoms with Crippen molar-refractivity contribution in [3.05, 3.63) is 187 Å². The summed E-state index contributed by atoms with van der Waals surface area (Å²) in [4.78, 5) is 9.40. The highest BCUT2D eigenvalue weighted by molar-refractivity contribution is 6.14. The van der Waals surface area contributed by atoms with E-state index in [1.165, 1.54) is 16.5 Å². The van der Waals surface area contributed by atoms with Gasteiger partial charge in [0, 0.05) is 51.2 Å². The van der Waals surface area contributed by atoms with Crippen molar-refractivity contribution >= 4 is 66.4 Å². The third-order valence-electron chi connectivity index (χ3n) is 12.2. The second-order valence-electron chi connectivity index (χ2n) is 18.2. The lowest BCUT2D eigenvalue weighted by atomic mass is 9.86. The highest BCUT2D eigenvalue weighted by Crippen LogP contribution is 2.48. The van der Waals surface area contributed by atoms with Crippen LogP contribution in [0, 0.1) is 0 Å². The minimum absolute atomic E-state index is 0.0184. The number of rotatable bonds is 6. The van der Waals surface area contributed by atoms with Gasteiger partial charge in [-0.15, -0.1) is 0 Å². The van der Waals surface area contributed by atoms with Crippen molar-refractivity contribution in [2.24, 2.45) is 0 Å². The summed E-state index contributed by atoms with van der Waals surface area (Å²) in [7, 11) is 0. The molecule has 1 aliphatic rings. The normalized spacial score (nSPS) is 14.3. The van der Waals surface area contributed by atoms with Gasteiger partial charge in [0.05, 0.1) is 46.0 Å². The van der Waals surface area contributed by atoms with Crippen molar-refractivity contribution in [2.45, 2.75) is 52.4 Å². The molecule has 0 unspecified atom stereocenters. The molecule has 4 heterocycles. The molecule has 0 amide bonds. The van der Waals surface area contributed by atoms with Crippen molar-refractivity contribution in [1.82, 2.24) is 14.1 Å². The van der Waals surface area contributed by atoms with Crippen LogP contribution < -0.4 is 14.5 Å². The molecule has 62 heavy (non-hydrogen) atoms. The van der Waals surface area contributed by atoms with E-state index in [2.05, 4.69) is 123 Å². The lowest BCUT2D eigenvalue weighted by molar-refractivity contribution is 0.483. The van der Waals surface area contributed by atoms with Crippen LogP contribution in [0.3, 0.4) is 0 Å². The van der Waals surface area contributed by atoms with Crippen LogP contribution in [0.1, 0.15) is 59.5 Å². The molecule has 0 saturated heterocycles. The first-order valence-corrected chi connectivity index (χ1v) is 21.2. The van der Waals surface area contributed by atoms with Crippen LogP contribution in [0.4, 0.5) is 22.7 Å². The highest BCUT2D eigenvalue weighted by Gasteiger charge is 2.31. The van der Waals surface area contributed by atoms with E-state index < -0.39 is 6.04 Å².